The molecule has 4 rings (SSSR count). The van der Waals surface area contributed by atoms with E-state index < -0.39 is 11.9 Å². The first kappa shape index (κ1) is 21.4. The largest absolute Gasteiger partial charge is 0.478 e. The average Bonchev–Trinajstić information content (AvgIpc) is 3.44. The lowest BCUT2D eigenvalue weighted by Crippen LogP contribution is -1.96. The Morgan fingerprint density at radius 3 is 2.44 bits per heavy atom. The number of aromatic carboxylic acids is 1. The molecule has 10 heteroatoms. The quantitative estimate of drug-likeness (QED) is 0.264. The van der Waals surface area contributed by atoms with Gasteiger partial charge >= 0.3 is 11.9 Å². The molecule has 2 N–H and O–H groups in total. The highest BCUT2D eigenvalue weighted by Gasteiger charge is 2.17. The van der Waals surface area contributed by atoms with Gasteiger partial charge in [-0.3, -0.25) is 0 Å². The summed E-state index contributed by atoms with van der Waals surface area (Å²) in [6, 6.07) is 16.2. The molecule has 0 amide bonds. The van der Waals surface area contributed by atoms with Crippen LogP contribution in [0.2, 0.25) is 5.02 Å². The van der Waals surface area contributed by atoms with Crippen LogP contribution in [0, 0.1) is 0 Å². The minimum absolute atomic E-state index is 0.0459. The van der Waals surface area contributed by atoms with Crippen LogP contribution >= 0.6 is 23.4 Å². The van der Waals surface area contributed by atoms with Crippen molar-refractivity contribution in [2.45, 2.75) is 5.22 Å². The number of carboxylic acid groups (broad SMARTS) is 2. The third-order valence-corrected chi connectivity index (χ3v) is 5.30. The Kier molecular flexibility index (Phi) is 6.11. The van der Waals surface area contributed by atoms with Gasteiger partial charge in [0, 0.05) is 22.2 Å². The van der Waals surface area contributed by atoms with Gasteiger partial charge in [-0.05, 0) is 60.3 Å². The number of carbonyl (C=O) groups is 2. The third kappa shape index (κ3) is 4.90. The maximum atomic E-state index is 11.7. The summed E-state index contributed by atoms with van der Waals surface area (Å²) in [7, 11) is 0. The molecule has 0 aliphatic heterocycles. The number of aromatic nitrogens is 2. The van der Waals surface area contributed by atoms with Gasteiger partial charge in [0.25, 0.3) is 5.22 Å². The van der Waals surface area contributed by atoms with E-state index in [1.807, 2.05) is 0 Å². The van der Waals surface area contributed by atoms with Gasteiger partial charge in [0.05, 0.1) is 5.56 Å². The van der Waals surface area contributed by atoms with Crippen molar-refractivity contribution < 1.29 is 28.6 Å². The molecular formula is C22H13ClN2O6S. The number of nitrogens with zero attached hydrogens (tertiary/aromatic N) is 2. The van der Waals surface area contributed by atoms with Crippen LogP contribution in [0.5, 0.6) is 0 Å². The molecule has 0 aliphatic carbocycles. The van der Waals surface area contributed by atoms with Crippen molar-refractivity contribution in [2.24, 2.45) is 0 Å². The van der Waals surface area contributed by atoms with Gasteiger partial charge in [-0.15, -0.1) is 10.2 Å². The Hall–Kier alpha value is -3.82. The summed E-state index contributed by atoms with van der Waals surface area (Å²) in [5.41, 5.74) is 1.32. The second-order valence-corrected chi connectivity index (χ2v) is 7.81. The number of furan rings is 1. The number of carboxylic acids is 2. The molecule has 4 aromatic rings. The Morgan fingerprint density at radius 1 is 0.938 bits per heavy atom. The van der Waals surface area contributed by atoms with E-state index in [0.717, 1.165) is 11.8 Å². The van der Waals surface area contributed by atoms with Crippen LogP contribution in [-0.4, -0.2) is 32.3 Å². The first-order valence-electron chi connectivity index (χ1n) is 9.05. The van der Waals surface area contributed by atoms with Crippen molar-refractivity contribution in [3.05, 3.63) is 81.9 Å². The van der Waals surface area contributed by atoms with Crippen molar-refractivity contribution in [1.82, 2.24) is 10.2 Å². The fourth-order valence-electron chi connectivity index (χ4n) is 2.71. The van der Waals surface area contributed by atoms with Crippen LogP contribution < -0.4 is 0 Å². The fraction of sp³-hybridized carbons (Fsp3) is 0. The monoisotopic (exact) mass is 468 g/mol. The van der Waals surface area contributed by atoms with Crippen LogP contribution in [-0.2, 0) is 4.79 Å². The molecule has 0 bridgehead atoms. The molecule has 0 spiro atoms. The molecule has 32 heavy (non-hydrogen) atoms. The second kappa shape index (κ2) is 9.13. The minimum atomic E-state index is -1.20. The van der Waals surface area contributed by atoms with E-state index in [1.54, 1.807) is 48.5 Å². The first-order chi connectivity index (χ1) is 15.4. The summed E-state index contributed by atoms with van der Waals surface area (Å²) in [5.74, 6) is -1.36. The zero-order valence-corrected chi connectivity index (χ0v) is 17.6. The van der Waals surface area contributed by atoms with Crippen molar-refractivity contribution in [3.63, 3.8) is 0 Å². The van der Waals surface area contributed by atoms with E-state index in [9.17, 15) is 14.7 Å². The Morgan fingerprint density at radius 2 is 1.72 bits per heavy atom. The van der Waals surface area contributed by atoms with E-state index in [4.69, 9.17) is 25.5 Å². The highest BCUT2D eigenvalue weighted by atomic mass is 35.5. The zero-order valence-electron chi connectivity index (χ0n) is 16.1. The van der Waals surface area contributed by atoms with Crippen molar-refractivity contribution in [3.8, 4) is 22.8 Å². The van der Waals surface area contributed by atoms with Crippen LogP contribution in [0.15, 0.2) is 79.6 Å². The molecule has 0 saturated carbocycles. The summed E-state index contributed by atoms with van der Waals surface area (Å²) in [6.07, 6.45) is 1.32. The SMILES string of the molecule is O=C(O)/C(=C/c1ccc(-c2cccc(C(=O)O)c2)o1)Sc1nnc(-c2ccc(Cl)cc2)o1. The van der Waals surface area contributed by atoms with E-state index in [-0.39, 0.29) is 27.3 Å². The molecule has 0 saturated heterocycles. The maximum Gasteiger partial charge on any atom is 0.342 e. The highest BCUT2D eigenvalue weighted by molar-refractivity contribution is 8.03. The van der Waals surface area contributed by atoms with Gasteiger partial charge in [-0.1, -0.05) is 23.7 Å². The van der Waals surface area contributed by atoms with Crippen molar-refractivity contribution in [2.75, 3.05) is 0 Å². The average molecular weight is 469 g/mol. The van der Waals surface area contributed by atoms with Crippen LogP contribution in [0.1, 0.15) is 16.1 Å². The lowest BCUT2D eigenvalue weighted by molar-refractivity contribution is -0.131. The first-order valence-corrected chi connectivity index (χ1v) is 10.2. The van der Waals surface area contributed by atoms with E-state index in [1.165, 1.54) is 18.2 Å². The predicted molar refractivity (Wildman–Crippen MR) is 117 cm³/mol. The van der Waals surface area contributed by atoms with Crippen LogP contribution in [0.25, 0.3) is 28.9 Å². The van der Waals surface area contributed by atoms with Crippen LogP contribution in [0.4, 0.5) is 0 Å². The molecular weight excluding hydrogens is 456 g/mol. The van der Waals surface area contributed by atoms with E-state index in [2.05, 4.69) is 10.2 Å². The highest BCUT2D eigenvalue weighted by Crippen LogP contribution is 2.31. The third-order valence-electron chi connectivity index (χ3n) is 4.20. The molecule has 0 atom stereocenters. The zero-order chi connectivity index (χ0) is 22.7. The second-order valence-electron chi connectivity index (χ2n) is 6.38. The normalized spacial score (nSPS) is 11.5. The number of hydrogen-bond acceptors (Lipinski definition) is 7. The molecule has 0 radical (unpaired) electrons. The van der Waals surface area contributed by atoms with Gasteiger partial charge in [-0.25, -0.2) is 9.59 Å². The number of hydrogen-bond donors (Lipinski definition) is 2. The lowest BCUT2D eigenvalue weighted by Gasteiger charge is -2.00. The molecule has 0 unspecified atom stereocenters. The van der Waals surface area contributed by atoms with Crippen molar-refractivity contribution in [1.29, 1.82) is 0 Å². The number of benzene rings is 2. The molecule has 2 heterocycles. The number of thioether (sulfide) groups is 1. The molecule has 8 nitrogen and oxygen atoms in total. The van der Waals surface area contributed by atoms with E-state index >= 15 is 0 Å². The summed E-state index contributed by atoms with van der Waals surface area (Å²) in [5, 5.41) is 27.1. The molecule has 2 aromatic carbocycles. The number of rotatable bonds is 7. The van der Waals surface area contributed by atoms with Gasteiger partial charge in [0.1, 0.15) is 16.4 Å². The summed E-state index contributed by atoms with van der Waals surface area (Å²) in [6.45, 7) is 0. The Bertz CT molecular complexity index is 1330. The number of aliphatic carboxylic acids is 1. The Labute approximate surface area is 190 Å². The summed E-state index contributed by atoms with van der Waals surface area (Å²) < 4.78 is 11.2. The van der Waals surface area contributed by atoms with Gasteiger partial charge in [0.2, 0.25) is 5.89 Å². The minimum Gasteiger partial charge on any atom is -0.478 e. The molecule has 0 fully saturated rings. The van der Waals surface area contributed by atoms with Gasteiger partial charge in [0.15, 0.2) is 0 Å². The van der Waals surface area contributed by atoms with Gasteiger partial charge < -0.3 is 19.0 Å². The Balaban J connectivity index is 1.56. The topological polar surface area (TPSA) is 127 Å². The summed E-state index contributed by atoms with van der Waals surface area (Å²) in [4.78, 5) is 22.8. The van der Waals surface area contributed by atoms with E-state index in [0.29, 0.717) is 21.9 Å². The number of halogens is 1. The standard InChI is InChI=1S/C22H13ClN2O6S/c23-15-6-4-12(5-7-15)19-24-25-22(31-19)32-18(21(28)29)11-16-8-9-17(30-16)13-2-1-3-14(10-13)20(26)27/h1-11H,(H,26,27)(H,28,29)/b18-11-. The van der Waals surface area contributed by atoms with Gasteiger partial charge in [-0.2, -0.15) is 0 Å². The maximum absolute atomic E-state index is 11.7. The van der Waals surface area contributed by atoms with Crippen LogP contribution in [0.3, 0.4) is 0 Å². The molecule has 160 valence electrons. The molecule has 2 aromatic heterocycles. The predicted octanol–water partition coefficient (Wildman–Crippen LogP) is 5.57. The fourth-order valence-corrected chi connectivity index (χ4v) is 3.49. The summed E-state index contributed by atoms with van der Waals surface area (Å²) >= 11 is 6.65. The smallest absolute Gasteiger partial charge is 0.342 e. The lowest BCUT2D eigenvalue weighted by atomic mass is 10.1. The molecule has 0 aliphatic rings. The van der Waals surface area contributed by atoms with Crippen molar-refractivity contribution >= 4 is 41.4 Å².